The number of rotatable bonds is 5. The van der Waals surface area contributed by atoms with E-state index in [0.29, 0.717) is 11.6 Å². The summed E-state index contributed by atoms with van der Waals surface area (Å²) < 4.78 is 3.62. The second-order valence-electron chi connectivity index (χ2n) is 5.77. The third kappa shape index (κ3) is 2.33. The molecule has 6 nitrogen and oxygen atoms in total. The Balaban J connectivity index is 1.82. The van der Waals surface area contributed by atoms with E-state index in [-0.39, 0.29) is 5.54 Å². The molecule has 1 atom stereocenters. The molecule has 3 aromatic rings. The monoisotopic (exact) mass is 348 g/mol. The lowest BCUT2D eigenvalue weighted by molar-refractivity contribution is 0.272. The lowest BCUT2D eigenvalue weighted by atomic mass is 9.88. The van der Waals surface area contributed by atoms with E-state index in [9.17, 15) is 0 Å². The van der Waals surface area contributed by atoms with Gasteiger partial charge in [0.25, 0.3) is 0 Å². The van der Waals surface area contributed by atoms with E-state index in [1.807, 2.05) is 28.9 Å². The highest BCUT2D eigenvalue weighted by molar-refractivity contribution is 6.30. The predicted octanol–water partition coefficient (Wildman–Crippen LogP) is 2.85. The molecule has 0 aliphatic heterocycles. The van der Waals surface area contributed by atoms with Crippen LogP contribution in [-0.4, -0.2) is 29.5 Å². The molecule has 0 amide bonds. The first-order valence-electron chi connectivity index (χ1n) is 7.27. The molecule has 8 heteroatoms. The van der Waals surface area contributed by atoms with Crippen LogP contribution >= 0.6 is 23.2 Å². The Morgan fingerprint density at radius 3 is 2.30 bits per heavy atom. The third-order valence-corrected chi connectivity index (χ3v) is 5.41. The van der Waals surface area contributed by atoms with Crippen LogP contribution in [0.4, 0.5) is 0 Å². The van der Waals surface area contributed by atoms with Gasteiger partial charge in [-0.1, -0.05) is 23.7 Å². The van der Waals surface area contributed by atoms with Gasteiger partial charge in [-0.2, -0.15) is 10.2 Å². The molecule has 2 heterocycles. The van der Waals surface area contributed by atoms with Crippen LogP contribution in [0.15, 0.2) is 49.6 Å². The lowest BCUT2D eigenvalue weighted by Crippen LogP contribution is -2.43. The largest absolute Gasteiger partial charge is 0.251 e. The number of nitrogens with zero attached hydrogens (tertiary/aromatic N) is 6. The number of halogens is 2. The van der Waals surface area contributed by atoms with Crippen LogP contribution < -0.4 is 0 Å². The highest BCUT2D eigenvalue weighted by atomic mass is 35.5. The Bertz CT molecular complexity index is 780. The normalized spacial score (nSPS) is 18.5. The second-order valence-corrected chi connectivity index (χ2v) is 6.85. The number of aromatic nitrogens is 6. The minimum Gasteiger partial charge on any atom is -0.251 e. The average Bonchev–Trinajstić information content (AvgIpc) is 2.98. The Hall–Kier alpha value is -1.92. The van der Waals surface area contributed by atoms with Gasteiger partial charge < -0.3 is 0 Å². The second kappa shape index (κ2) is 5.32. The van der Waals surface area contributed by atoms with Crippen LogP contribution in [-0.2, 0) is 17.0 Å². The minimum atomic E-state index is -0.723. The van der Waals surface area contributed by atoms with Crippen molar-refractivity contribution >= 4 is 23.2 Å². The SMILES string of the molecule is Clc1ccc(C(Cl)(Cn2cncn2)C2(n3cncn3)CC2)cc1. The summed E-state index contributed by atoms with van der Waals surface area (Å²) in [6.07, 6.45) is 8.29. The van der Waals surface area contributed by atoms with Crippen LogP contribution in [0.1, 0.15) is 18.4 Å². The fraction of sp³-hybridized carbons (Fsp3) is 0.333. The van der Waals surface area contributed by atoms with Gasteiger partial charge in [0.1, 0.15) is 30.2 Å². The molecule has 2 aromatic heterocycles. The van der Waals surface area contributed by atoms with E-state index in [4.69, 9.17) is 23.2 Å². The van der Waals surface area contributed by atoms with E-state index in [2.05, 4.69) is 20.2 Å². The zero-order chi connectivity index (χ0) is 15.9. The fourth-order valence-electron chi connectivity index (χ4n) is 3.11. The summed E-state index contributed by atoms with van der Waals surface area (Å²) in [6, 6.07) is 7.63. The quantitative estimate of drug-likeness (QED) is 0.665. The molecular weight excluding hydrogens is 335 g/mol. The number of benzene rings is 1. The van der Waals surface area contributed by atoms with Gasteiger partial charge in [0.05, 0.1) is 12.1 Å². The van der Waals surface area contributed by atoms with E-state index >= 15 is 0 Å². The van der Waals surface area contributed by atoms with Crippen molar-refractivity contribution in [2.45, 2.75) is 29.8 Å². The highest BCUT2D eigenvalue weighted by Crippen LogP contribution is 2.60. The van der Waals surface area contributed by atoms with Crippen molar-refractivity contribution in [1.82, 2.24) is 29.5 Å². The summed E-state index contributed by atoms with van der Waals surface area (Å²) in [5.41, 5.74) is 0.650. The van der Waals surface area contributed by atoms with Gasteiger partial charge in [0.15, 0.2) is 0 Å². The molecule has 118 valence electrons. The maximum atomic E-state index is 7.23. The smallest absolute Gasteiger partial charge is 0.137 e. The van der Waals surface area contributed by atoms with E-state index < -0.39 is 4.87 Å². The van der Waals surface area contributed by atoms with Crippen molar-refractivity contribution in [3.05, 3.63) is 60.2 Å². The lowest BCUT2D eigenvalue weighted by Gasteiger charge is -2.36. The van der Waals surface area contributed by atoms with Crippen LogP contribution in [0, 0.1) is 0 Å². The maximum Gasteiger partial charge on any atom is 0.137 e. The van der Waals surface area contributed by atoms with Gasteiger partial charge in [-0.25, -0.2) is 14.6 Å². The molecule has 1 aromatic carbocycles. The Morgan fingerprint density at radius 2 is 1.74 bits per heavy atom. The summed E-state index contributed by atoms with van der Waals surface area (Å²) in [7, 11) is 0. The van der Waals surface area contributed by atoms with Gasteiger partial charge >= 0.3 is 0 Å². The molecule has 23 heavy (non-hydrogen) atoms. The molecule has 0 N–H and O–H groups in total. The molecule has 0 saturated heterocycles. The third-order valence-electron chi connectivity index (χ3n) is 4.47. The van der Waals surface area contributed by atoms with Crippen molar-refractivity contribution in [3.8, 4) is 0 Å². The van der Waals surface area contributed by atoms with Crippen molar-refractivity contribution in [3.63, 3.8) is 0 Å². The highest BCUT2D eigenvalue weighted by Gasteiger charge is 2.62. The summed E-state index contributed by atoms with van der Waals surface area (Å²) in [5.74, 6) is 0. The molecule has 0 bridgehead atoms. The van der Waals surface area contributed by atoms with Crippen LogP contribution in [0.3, 0.4) is 0 Å². The van der Waals surface area contributed by atoms with Crippen molar-refractivity contribution in [2.75, 3.05) is 0 Å². The zero-order valence-electron chi connectivity index (χ0n) is 12.2. The summed E-state index contributed by atoms with van der Waals surface area (Å²) in [4.78, 5) is 7.38. The molecule has 1 aliphatic carbocycles. The first-order valence-corrected chi connectivity index (χ1v) is 8.02. The number of alkyl halides is 1. The molecule has 1 saturated carbocycles. The van der Waals surface area contributed by atoms with Crippen molar-refractivity contribution in [2.24, 2.45) is 0 Å². The van der Waals surface area contributed by atoms with Gasteiger partial charge in [-0.3, -0.25) is 4.68 Å². The van der Waals surface area contributed by atoms with Crippen LogP contribution in [0.5, 0.6) is 0 Å². The van der Waals surface area contributed by atoms with Gasteiger partial charge in [-0.05, 0) is 30.5 Å². The van der Waals surface area contributed by atoms with Gasteiger partial charge in [0, 0.05) is 5.02 Å². The summed E-state index contributed by atoms with van der Waals surface area (Å²) >= 11 is 13.3. The molecule has 1 fully saturated rings. The Morgan fingerprint density at radius 1 is 1.04 bits per heavy atom. The topological polar surface area (TPSA) is 61.4 Å². The predicted molar refractivity (Wildman–Crippen MR) is 86.2 cm³/mol. The Kier molecular flexibility index (Phi) is 3.39. The number of hydrogen-bond acceptors (Lipinski definition) is 4. The van der Waals surface area contributed by atoms with E-state index in [1.165, 1.54) is 12.7 Å². The molecule has 0 radical (unpaired) electrons. The number of hydrogen-bond donors (Lipinski definition) is 0. The van der Waals surface area contributed by atoms with E-state index in [0.717, 1.165) is 18.4 Å². The van der Waals surface area contributed by atoms with Gasteiger partial charge in [-0.15, -0.1) is 11.6 Å². The molecule has 1 unspecified atom stereocenters. The zero-order valence-corrected chi connectivity index (χ0v) is 13.7. The first-order chi connectivity index (χ1) is 11.1. The van der Waals surface area contributed by atoms with Crippen molar-refractivity contribution < 1.29 is 0 Å². The standard InChI is InChI=1S/C15H14Cl2N6/c16-13-3-1-12(2-4-13)15(17,7-22-10-18-8-20-22)14(5-6-14)23-11-19-9-21-23/h1-4,8-11H,5-7H2. The average molecular weight is 349 g/mol. The molecule has 4 rings (SSSR count). The first kappa shape index (κ1) is 14.7. The fourth-order valence-corrected chi connectivity index (χ4v) is 3.76. The van der Waals surface area contributed by atoms with Gasteiger partial charge in [0.2, 0.25) is 0 Å². The molecule has 0 spiro atoms. The van der Waals surface area contributed by atoms with Crippen molar-refractivity contribution in [1.29, 1.82) is 0 Å². The summed E-state index contributed by atoms with van der Waals surface area (Å²) in [5, 5.41) is 9.24. The van der Waals surface area contributed by atoms with E-state index in [1.54, 1.807) is 17.3 Å². The van der Waals surface area contributed by atoms with Crippen LogP contribution in [0.2, 0.25) is 5.02 Å². The van der Waals surface area contributed by atoms with Crippen LogP contribution in [0.25, 0.3) is 0 Å². The molecular formula is C15H14Cl2N6. The maximum absolute atomic E-state index is 7.23. The Labute approximate surface area is 143 Å². The molecule has 1 aliphatic rings. The minimum absolute atomic E-state index is 0.329. The summed E-state index contributed by atoms with van der Waals surface area (Å²) in [6.45, 7) is 0.482.